The van der Waals surface area contributed by atoms with E-state index in [2.05, 4.69) is 10.2 Å². The lowest BCUT2D eigenvalue weighted by atomic mass is 10.1. The molecule has 0 atom stereocenters. The first-order valence-corrected chi connectivity index (χ1v) is 6.13. The SMILES string of the molecule is COC(=O)c1c(F)cc(CCN2NCCC2=O)cc1F. The van der Waals surface area contributed by atoms with Crippen LogP contribution in [0.5, 0.6) is 0 Å². The van der Waals surface area contributed by atoms with E-state index in [-0.39, 0.29) is 12.3 Å². The third-order valence-electron chi connectivity index (χ3n) is 3.06. The van der Waals surface area contributed by atoms with Crippen LogP contribution in [0.4, 0.5) is 8.78 Å². The fraction of sp³-hybridized carbons (Fsp3) is 0.385. The summed E-state index contributed by atoms with van der Waals surface area (Å²) >= 11 is 0. The van der Waals surface area contributed by atoms with Crippen LogP contribution in [-0.2, 0) is 16.0 Å². The molecule has 1 amide bonds. The third-order valence-corrected chi connectivity index (χ3v) is 3.06. The topological polar surface area (TPSA) is 58.6 Å². The number of ether oxygens (including phenoxy) is 1. The number of methoxy groups -OCH3 is 1. The maximum Gasteiger partial charge on any atom is 0.343 e. The molecule has 0 aliphatic carbocycles. The molecule has 1 saturated heterocycles. The molecule has 0 spiro atoms. The van der Waals surface area contributed by atoms with E-state index in [1.165, 1.54) is 5.01 Å². The molecule has 0 unspecified atom stereocenters. The van der Waals surface area contributed by atoms with E-state index >= 15 is 0 Å². The van der Waals surface area contributed by atoms with Crippen molar-refractivity contribution in [2.24, 2.45) is 0 Å². The minimum absolute atomic E-state index is 0.0443. The van der Waals surface area contributed by atoms with Gasteiger partial charge in [0.15, 0.2) is 0 Å². The molecule has 1 aliphatic rings. The van der Waals surface area contributed by atoms with Gasteiger partial charge in [-0.25, -0.2) is 19.0 Å². The number of benzene rings is 1. The highest BCUT2D eigenvalue weighted by atomic mass is 19.1. The summed E-state index contributed by atoms with van der Waals surface area (Å²) in [6.07, 6.45) is 0.706. The second kappa shape index (κ2) is 5.96. The lowest BCUT2D eigenvalue weighted by Gasteiger charge is -2.15. The van der Waals surface area contributed by atoms with Gasteiger partial charge in [-0.1, -0.05) is 0 Å². The van der Waals surface area contributed by atoms with Gasteiger partial charge in [0.25, 0.3) is 0 Å². The standard InChI is InChI=1S/C13H14F2N2O3/c1-20-13(19)12-9(14)6-8(7-10(12)15)3-5-17-11(18)2-4-16-17/h6-7,16H,2-5H2,1H3. The highest BCUT2D eigenvalue weighted by molar-refractivity contribution is 5.90. The van der Waals surface area contributed by atoms with Crippen LogP contribution in [0.2, 0.25) is 0 Å². The largest absolute Gasteiger partial charge is 0.465 e. The zero-order valence-electron chi connectivity index (χ0n) is 10.9. The number of hydrogen-bond acceptors (Lipinski definition) is 4. The number of rotatable bonds is 4. The Labute approximate surface area is 114 Å². The molecule has 0 bridgehead atoms. The Balaban J connectivity index is 2.10. The van der Waals surface area contributed by atoms with Crippen molar-refractivity contribution in [2.45, 2.75) is 12.8 Å². The van der Waals surface area contributed by atoms with E-state index in [1.54, 1.807) is 0 Å². The summed E-state index contributed by atoms with van der Waals surface area (Å²) in [5, 5.41) is 1.42. The third kappa shape index (κ3) is 2.93. The van der Waals surface area contributed by atoms with Gasteiger partial charge in [-0.15, -0.1) is 0 Å². The van der Waals surface area contributed by atoms with Crippen LogP contribution in [0.15, 0.2) is 12.1 Å². The Hall–Kier alpha value is -2.02. The zero-order valence-corrected chi connectivity index (χ0v) is 10.9. The normalized spacial score (nSPS) is 14.8. The van der Waals surface area contributed by atoms with Crippen molar-refractivity contribution in [3.05, 3.63) is 34.9 Å². The van der Waals surface area contributed by atoms with E-state index in [9.17, 15) is 18.4 Å². The molecule has 1 aliphatic heterocycles. The fourth-order valence-electron chi connectivity index (χ4n) is 2.03. The first-order valence-electron chi connectivity index (χ1n) is 6.13. The number of carbonyl (C=O) groups is 2. The second-order valence-corrected chi connectivity index (χ2v) is 4.38. The number of amides is 1. The lowest BCUT2D eigenvalue weighted by Crippen LogP contribution is -2.35. The Bertz CT molecular complexity index is 525. The summed E-state index contributed by atoms with van der Waals surface area (Å²) in [5.41, 5.74) is 2.53. The molecular weight excluding hydrogens is 270 g/mol. The molecule has 1 aromatic carbocycles. The monoisotopic (exact) mass is 284 g/mol. The van der Waals surface area contributed by atoms with Gasteiger partial charge in [0, 0.05) is 19.5 Å². The van der Waals surface area contributed by atoms with Crippen molar-refractivity contribution in [1.82, 2.24) is 10.4 Å². The summed E-state index contributed by atoms with van der Waals surface area (Å²) in [4.78, 5) is 22.6. The minimum atomic E-state index is -1.05. The van der Waals surface area contributed by atoms with Gasteiger partial charge in [0.05, 0.1) is 7.11 Å². The average molecular weight is 284 g/mol. The molecular formula is C13H14F2N2O3. The van der Waals surface area contributed by atoms with Crippen LogP contribution in [0.25, 0.3) is 0 Å². The molecule has 1 heterocycles. The minimum Gasteiger partial charge on any atom is -0.465 e. The van der Waals surface area contributed by atoms with Gasteiger partial charge in [-0.05, 0) is 24.1 Å². The number of nitrogens with one attached hydrogen (secondary N) is 1. The van der Waals surface area contributed by atoms with Gasteiger partial charge in [0.1, 0.15) is 17.2 Å². The van der Waals surface area contributed by atoms with E-state index in [1.807, 2.05) is 0 Å². The second-order valence-electron chi connectivity index (χ2n) is 4.38. The van der Waals surface area contributed by atoms with Crippen molar-refractivity contribution >= 4 is 11.9 Å². The van der Waals surface area contributed by atoms with Crippen LogP contribution in [0, 0.1) is 11.6 Å². The quantitative estimate of drug-likeness (QED) is 0.839. The maximum absolute atomic E-state index is 13.7. The van der Waals surface area contributed by atoms with Crippen molar-refractivity contribution in [3.8, 4) is 0 Å². The molecule has 108 valence electrons. The summed E-state index contributed by atoms with van der Waals surface area (Å²) in [6.45, 7) is 0.887. The van der Waals surface area contributed by atoms with Crippen molar-refractivity contribution < 1.29 is 23.1 Å². The number of nitrogens with zero attached hydrogens (tertiary/aromatic N) is 1. The van der Waals surface area contributed by atoms with E-state index in [0.29, 0.717) is 25.1 Å². The smallest absolute Gasteiger partial charge is 0.343 e. The first-order chi connectivity index (χ1) is 9.52. The summed E-state index contributed by atoms with van der Waals surface area (Å²) in [5.74, 6) is -3.03. The van der Waals surface area contributed by atoms with E-state index < -0.39 is 23.2 Å². The number of hydrogen-bond donors (Lipinski definition) is 1. The maximum atomic E-state index is 13.7. The number of carbonyl (C=O) groups excluding carboxylic acids is 2. The predicted octanol–water partition coefficient (Wildman–Crippen LogP) is 1.03. The lowest BCUT2D eigenvalue weighted by molar-refractivity contribution is -0.129. The van der Waals surface area contributed by atoms with Gasteiger partial charge in [-0.3, -0.25) is 9.80 Å². The van der Waals surface area contributed by atoms with Crippen molar-refractivity contribution in [1.29, 1.82) is 0 Å². The molecule has 5 nitrogen and oxygen atoms in total. The number of halogens is 2. The Morgan fingerprint density at radius 1 is 1.40 bits per heavy atom. The molecule has 0 saturated carbocycles. The molecule has 1 fully saturated rings. The highest BCUT2D eigenvalue weighted by Gasteiger charge is 2.21. The molecule has 20 heavy (non-hydrogen) atoms. The molecule has 1 aromatic rings. The molecule has 0 aromatic heterocycles. The van der Waals surface area contributed by atoms with Gasteiger partial charge < -0.3 is 4.74 Å². The summed E-state index contributed by atoms with van der Waals surface area (Å²) < 4.78 is 31.7. The van der Waals surface area contributed by atoms with E-state index in [4.69, 9.17) is 0 Å². The molecule has 7 heteroatoms. The zero-order chi connectivity index (χ0) is 14.7. The molecule has 2 rings (SSSR count). The van der Waals surface area contributed by atoms with Crippen molar-refractivity contribution in [2.75, 3.05) is 20.2 Å². The number of esters is 1. The Morgan fingerprint density at radius 3 is 2.55 bits per heavy atom. The molecule has 1 N–H and O–H groups in total. The van der Waals surface area contributed by atoms with Gasteiger partial charge >= 0.3 is 5.97 Å². The van der Waals surface area contributed by atoms with Crippen molar-refractivity contribution in [3.63, 3.8) is 0 Å². The average Bonchev–Trinajstić information content (AvgIpc) is 2.81. The van der Waals surface area contributed by atoms with Gasteiger partial charge in [-0.2, -0.15) is 0 Å². The van der Waals surface area contributed by atoms with Crippen LogP contribution in [-0.4, -0.2) is 37.1 Å². The summed E-state index contributed by atoms with van der Waals surface area (Å²) in [7, 11) is 1.06. The highest BCUT2D eigenvalue weighted by Crippen LogP contribution is 2.17. The van der Waals surface area contributed by atoms with Crippen LogP contribution >= 0.6 is 0 Å². The summed E-state index contributed by atoms with van der Waals surface area (Å²) in [6, 6.07) is 2.16. The van der Waals surface area contributed by atoms with Crippen LogP contribution < -0.4 is 5.43 Å². The first kappa shape index (κ1) is 14.4. The van der Waals surface area contributed by atoms with Gasteiger partial charge in [0.2, 0.25) is 5.91 Å². The van der Waals surface area contributed by atoms with Crippen LogP contribution in [0.3, 0.4) is 0 Å². The molecule has 0 radical (unpaired) electrons. The number of hydrazine groups is 1. The van der Waals surface area contributed by atoms with Crippen LogP contribution in [0.1, 0.15) is 22.3 Å². The fourth-order valence-corrected chi connectivity index (χ4v) is 2.03. The predicted molar refractivity (Wildman–Crippen MR) is 65.7 cm³/mol. The Morgan fingerprint density at radius 2 is 2.05 bits per heavy atom. The van der Waals surface area contributed by atoms with E-state index in [0.717, 1.165) is 19.2 Å². The Kier molecular flexibility index (Phi) is 4.29.